The van der Waals surface area contributed by atoms with Crippen molar-refractivity contribution in [2.24, 2.45) is 0 Å². The molecule has 1 saturated carbocycles. The second-order valence-electron chi connectivity index (χ2n) is 8.87. The van der Waals surface area contributed by atoms with E-state index in [0.29, 0.717) is 5.92 Å². The zero-order valence-electron chi connectivity index (χ0n) is 17.4. The molecule has 0 radical (unpaired) electrons. The molecule has 2 fully saturated rings. The first-order valence-corrected chi connectivity index (χ1v) is 12.1. The van der Waals surface area contributed by atoms with Crippen molar-refractivity contribution >= 4 is 38.8 Å². The Morgan fingerprint density at radius 3 is 2.65 bits per heavy atom. The topological polar surface area (TPSA) is 75.3 Å². The highest BCUT2D eigenvalue weighted by molar-refractivity contribution is 7.19. The third kappa shape index (κ3) is 2.97. The number of hydrogen-bond acceptors (Lipinski definition) is 8. The Balaban J connectivity index is 1.22. The van der Waals surface area contributed by atoms with Gasteiger partial charge in [0.1, 0.15) is 28.6 Å². The summed E-state index contributed by atoms with van der Waals surface area (Å²) < 4.78 is 1.75. The normalized spacial score (nSPS) is 19.4. The molecule has 1 aliphatic heterocycles. The second kappa shape index (κ2) is 6.85. The Morgan fingerprint density at radius 2 is 1.77 bits per heavy atom. The van der Waals surface area contributed by atoms with E-state index in [1.807, 2.05) is 23.5 Å². The van der Waals surface area contributed by atoms with Gasteiger partial charge in [-0.15, -0.1) is 26.6 Å². The number of aromatic nitrogens is 6. The molecule has 0 N–H and O–H groups in total. The molecule has 5 heterocycles. The Morgan fingerprint density at radius 1 is 0.935 bits per heavy atom. The lowest BCUT2D eigenvalue weighted by Crippen LogP contribution is -2.47. The summed E-state index contributed by atoms with van der Waals surface area (Å²) in [4.78, 5) is 17.8. The van der Waals surface area contributed by atoms with Crippen molar-refractivity contribution in [3.05, 3.63) is 34.7 Å². The van der Waals surface area contributed by atoms with E-state index in [1.54, 1.807) is 15.7 Å². The summed E-state index contributed by atoms with van der Waals surface area (Å²) in [6.07, 6.45) is 9.11. The molecule has 8 nitrogen and oxygen atoms in total. The standard InChI is InChI=1S/C22H24N8S/c1-2-4-16-15(3-1)19-21(24-20(14-5-6-14)25-22(19)31-16)29-11-9-28(10-12-29)18-8-7-17-26-23-13-30(17)27-18/h7-8,13-14H,1-6,9-12H2. The quantitative estimate of drug-likeness (QED) is 0.492. The Hall–Kier alpha value is -2.81. The fourth-order valence-corrected chi connectivity index (χ4v) is 6.20. The predicted octanol–water partition coefficient (Wildman–Crippen LogP) is 3.21. The van der Waals surface area contributed by atoms with E-state index >= 15 is 0 Å². The summed E-state index contributed by atoms with van der Waals surface area (Å²) >= 11 is 1.92. The largest absolute Gasteiger partial charge is 0.352 e. The molecule has 0 atom stereocenters. The zero-order valence-corrected chi connectivity index (χ0v) is 18.2. The van der Waals surface area contributed by atoms with Crippen LogP contribution in [0.2, 0.25) is 0 Å². The molecule has 3 aliphatic rings. The van der Waals surface area contributed by atoms with Crippen molar-refractivity contribution < 1.29 is 0 Å². The molecular formula is C22H24N8S. The Labute approximate surface area is 183 Å². The average molecular weight is 433 g/mol. The minimum Gasteiger partial charge on any atom is -0.352 e. The Kier molecular flexibility index (Phi) is 3.94. The SMILES string of the molecule is c1cc2nncn2nc1N1CCN(c2nc(C3CC3)nc3sc4c(c23)CCCC4)CC1. The van der Waals surface area contributed by atoms with Crippen molar-refractivity contribution in [2.45, 2.75) is 44.4 Å². The van der Waals surface area contributed by atoms with Gasteiger partial charge in [-0.25, -0.2) is 9.97 Å². The number of thiophene rings is 1. The molecule has 4 aromatic heterocycles. The van der Waals surface area contributed by atoms with Crippen LogP contribution in [-0.2, 0) is 12.8 Å². The van der Waals surface area contributed by atoms with Gasteiger partial charge >= 0.3 is 0 Å². The molecule has 158 valence electrons. The van der Waals surface area contributed by atoms with Gasteiger partial charge in [0.25, 0.3) is 0 Å². The monoisotopic (exact) mass is 432 g/mol. The highest BCUT2D eigenvalue weighted by Crippen LogP contribution is 2.44. The second-order valence-corrected chi connectivity index (χ2v) is 9.95. The van der Waals surface area contributed by atoms with Crippen molar-refractivity contribution in [3.8, 4) is 0 Å². The predicted molar refractivity (Wildman–Crippen MR) is 121 cm³/mol. The van der Waals surface area contributed by atoms with Crippen molar-refractivity contribution in [1.82, 2.24) is 29.8 Å². The smallest absolute Gasteiger partial charge is 0.177 e. The lowest BCUT2D eigenvalue weighted by atomic mass is 9.97. The van der Waals surface area contributed by atoms with E-state index in [1.165, 1.54) is 60.1 Å². The summed E-state index contributed by atoms with van der Waals surface area (Å²) in [6.45, 7) is 3.75. The third-order valence-corrected chi connectivity index (χ3v) is 7.99. The van der Waals surface area contributed by atoms with Crippen LogP contribution in [0, 0.1) is 0 Å². The maximum absolute atomic E-state index is 5.17. The maximum Gasteiger partial charge on any atom is 0.177 e. The van der Waals surface area contributed by atoms with Gasteiger partial charge in [-0.3, -0.25) is 0 Å². The van der Waals surface area contributed by atoms with Gasteiger partial charge in [0, 0.05) is 37.0 Å². The lowest BCUT2D eigenvalue weighted by Gasteiger charge is -2.36. The first kappa shape index (κ1) is 17.8. The van der Waals surface area contributed by atoms with Crippen LogP contribution in [0.5, 0.6) is 0 Å². The van der Waals surface area contributed by atoms with Gasteiger partial charge in [-0.1, -0.05) is 0 Å². The minimum atomic E-state index is 0.572. The van der Waals surface area contributed by atoms with Crippen LogP contribution in [0.1, 0.15) is 47.9 Å². The van der Waals surface area contributed by atoms with Crippen molar-refractivity contribution in [1.29, 1.82) is 0 Å². The molecule has 0 unspecified atom stereocenters. The number of piperazine rings is 1. The molecule has 2 aliphatic carbocycles. The van der Waals surface area contributed by atoms with E-state index in [2.05, 4.69) is 25.1 Å². The van der Waals surface area contributed by atoms with E-state index in [-0.39, 0.29) is 0 Å². The van der Waals surface area contributed by atoms with E-state index in [4.69, 9.17) is 9.97 Å². The van der Waals surface area contributed by atoms with Gasteiger partial charge in [0.05, 0.1) is 5.39 Å². The number of fused-ring (bicyclic) bond motifs is 4. The van der Waals surface area contributed by atoms with Crippen LogP contribution in [0.4, 0.5) is 11.6 Å². The van der Waals surface area contributed by atoms with Gasteiger partial charge in [-0.05, 0) is 56.2 Å². The molecule has 4 aromatic rings. The fraction of sp³-hybridized carbons (Fsp3) is 0.500. The molecule has 31 heavy (non-hydrogen) atoms. The van der Waals surface area contributed by atoms with Gasteiger partial charge in [0.2, 0.25) is 0 Å². The first-order chi connectivity index (χ1) is 15.3. The molecule has 7 rings (SSSR count). The molecule has 9 heteroatoms. The van der Waals surface area contributed by atoms with Crippen LogP contribution in [0.3, 0.4) is 0 Å². The number of nitrogens with zero attached hydrogens (tertiary/aromatic N) is 8. The number of aryl methyl sites for hydroxylation is 2. The van der Waals surface area contributed by atoms with Crippen molar-refractivity contribution in [2.75, 3.05) is 36.0 Å². The highest BCUT2D eigenvalue weighted by Gasteiger charge is 2.31. The van der Waals surface area contributed by atoms with Gasteiger partial charge in [-0.2, -0.15) is 4.52 Å². The summed E-state index contributed by atoms with van der Waals surface area (Å²) in [5.74, 6) is 3.81. The van der Waals surface area contributed by atoms with E-state index in [9.17, 15) is 0 Å². The molecule has 0 amide bonds. The van der Waals surface area contributed by atoms with E-state index in [0.717, 1.165) is 43.5 Å². The summed E-state index contributed by atoms with van der Waals surface area (Å²) in [5.41, 5.74) is 2.31. The zero-order chi connectivity index (χ0) is 20.4. The summed E-state index contributed by atoms with van der Waals surface area (Å²) in [7, 11) is 0. The van der Waals surface area contributed by atoms with Gasteiger partial charge < -0.3 is 9.80 Å². The number of anilines is 2. The van der Waals surface area contributed by atoms with Gasteiger partial charge in [0.15, 0.2) is 5.65 Å². The van der Waals surface area contributed by atoms with Crippen LogP contribution in [0.15, 0.2) is 18.5 Å². The Bertz CT molecular complexity index is 1280. The third-order valence-electron chi connectivity index (χ3n) is 6.81. The molecule has 0 spiro atoms. The van der Waals surface area contributed by atoms with Crippen LogP contribution in [-0.4, -0.2) is 56.0 Å². The highest BCUT2D eigenvalue weighted by atomic mass is 32.1. The molecule has 1 saturated heterocycles. The van der Waals surface area contributed by atoms with Crippen LogP contribution < -0.4 is 9.80 Å². The van der Waals surface area contributed by atoms with Crippen LogP contribution >= 0.6 is 11.3 Å². The molecular weight excluding hydrogens is 408 g/mol. The maximum atomic E-state index is 5.17. The van der Waals surface area contributed by atoms with Crippen molar-refractivity contribution in [3.63, 3.8) is 0 Å². The average Bonchev–Trinajstić information content (AvgIpc) is 3.44. The first-order valence-electron chi connectivity index (χ1n) is 11.3. The number of rotatable bonds is 3. The molecule has 0 bridgehead atoms. The molecule has 0 aromatic carbocycles. The summed E-state index contributed by atoms with van der Waals surface area (Å²) in [6, 6.07) is 4.03. The van der Waals surface area contributed by atoms with Crippen LogP contribution in [0.25, 0.3) is 15.9 Å². The lowest BCUT2D eigenvalue weighted by molar-refractivity contribution is 0.635. The number of hydrogen-bond donors (Lipinski definition) is 0. The summed E-state index contributed by atoms with van der Waals surface area (Å²) in [5, 5.41) is 14.0. The van der Waals surface area contributed by atoms with E-state index < -0.39 is 0 Å². The fourth-order valence-electron chi connectivity index (χ4n) is 4.94. The minimum absolute atomic E-state index is 0.572.